The van der Waals surface area contributed by atoms with Gasteiger partial charge in [-0.25, -0.2) is 0 Å². The van der Waals surface area contributed by atoms with Crippen molar-refractivity contribution in [3.8, 4) is 0 Å². The molecule has 13 heavy (non-hydrogen) atoms. The molecular formula is C9H22IN3. The van der Waals surface area contributed by atoms with Crippen LogP contribution in [0.25, 0.3) is 0 Å². The molecule has 0 bridgehead atoms. The Morgan fingerprint density at radius 2 is 2.31 bits per heavy atom. The van der Waals surface area contributed by atoms with Crippen molar-refractivity contribution in [1.82, 2.24) is 5.32 Å². The summed E-state index contributed by atoms with van der Waals surface area (Å²) in [4.78, 5) is 0. The van der Waals surface area contributed by atoms with Crippen molar-refractivity contribution in [1.29, 1.82) is 5.41 Å². The minimum absolute atomic E-state index is 0.174. The van der Waals surface area contributed by atoms with E-state index in [0.717, 1.165) is 0 Å². The van der Waals surface area contributed by atoms with Gasteiger partial charge in [0.25, 0.3) is 0 Å². The zero-order chi connectivity index (χ0) is 10.3. The second-order valence-electron chi connectivity index (χ2n) is 3.18. The second-order valence-corrected chi connectivity index (χ2v) is 7.71. The molecule has 0 rings (SSSR count). The fourth-order valence-corrected chi connectivity index (χ4v) is 4.30. The van der Waals surface area contributed by atoms with E-state index in [2.05, 4.69) is 38.5 Å². The van der Waals surface area contributed by atoms with E-state index in [9.17, 15) is 0 Å². The normalized spacial score (nSPS) is 18.2. The maximum absolute atomic E-state index is 7.03. The van der Waals surface area contributed by atoms with E-state index in [1.807, 2.05) is 0 Å². The summed E-state index contributed by atoms with van der Waals surface area (Å²) in [5.41, 5.74) is 0. The summed E-state index contributed by atoms with van der Waals surface area (Å²) in [6.45, 7) is 7.50. The molecule has 0 radical (unpaired) electrons. The standard InChI is InChI=1S/C9H21IN3/c1-5-10-9(3,8(2)12-4)13-7-6-11/h6,8,11-13H,5,7H2,1-4H3/q-1/p+1. The van der Waals surface area contributed by atoms with Gasteiger partial charge in [0, 0.05) is 0 Å². The number of alkyl halides is 2. The fraction of sp³-hybridized carbons (Fsp3) is 0.889. The van der Waals surface area contributed by atoms with Crippen LogP contribution in [0.2, 0.25) is 0 Å². The van der Waals surface area contributed by atoms with Crippen molar-refractivity contribution in [2.75, 3.05) is 18.0 Å². The Labute approximate surface area is 91.8 Å². The molecule has 80 valence electrons. The van der Waals surface area contributed by atoms with Crippen molar-refractivity contribution in [2.24, 2.45) is 0 Å². The van der Waals surface area contributed by atoms with Crippen LogP contribution >= 0.6 is 0 Å². The SMILES string of the molecule is CC[I-]C(C)(NCC=N)C(C)[NH2+]C. The molecule has 2 atom stereocenters. The van der Waals surface area contributed by atoms with Crippen LogP contribution in [0.15, 0.2) is 0 Å². The average molecular weight is 299 g/mol. The zero-order valence-electron chi connectivity index (χ0n) is 9.02. The number of likely N-dealkylation sites (N-methyl/N-ethyl adjacent to an activating group) is 1. The first-order chi connectivity index (χ1) is 6.10. The van der Waals surface area contributed by atoms with E-state index in [4.69, 9.17) is 5.41 Å². The molecule has 4 N–H and O–H groups in total. The Bertz CT molecular complexity index is 152. The number of nitrogens with one attached hydrogen (secondary N) is 2. The fourth-order valence-electron chi connectivity index (χ4n) is 1.17. The van der Waals surface area contributed by atoms with Crippen LogP contribution in [0, 0.1) is 5.41 Å². The van der Waals surface area contributed by atoms with Crippen LogP contribution in [0.4, 0.5) is 0 Å². The van der Waals surface area contributed by atoms with E-state index in [1.54, 1.807) is 0 Å². The molecule has 0 aliphatic carbocycles. The molecule has 0 saturated heterocycles. The monoisotopic (exact) mass is 299 g/mol. The summed E-state index contributed by atoms with van der Waals surface area (Å²) in [6.07, 6.45) is 1.44. The van der Waals surface area contributed by atoms with Gasteiger partial charge in [0.15, 0.2) is 0 Å². The van der Waals surface area contributed by atoms with Gasteiger partial charge in [0.05, 0.1) is 0 Å². The summed E-state index contributed by atoms with van der Waals surface area (Å²) in [7, 11) is 2.12. The molecule has 0 aromatic rings. The Morgan fingerprint density at radius 3 is 2.69 bits per heavy atom. The molecule has 0 heterocycles. The third kappa shape index (κ3) is 4.37. The van der Waals surface area contributed by atoms with E-state index in [1.165, 1.54) is 10.6 Å². The summed E-state index contributed by atoms with van der Waals surface area (Å²) >= 11 is 0.174. The number of hydrogen-bond acceptors (Lipinski definition) is 2. The molecule has 4 heteroatoms. The van der Waals surface area contributed by atoms with E-state index < -0.39 is 0 Å². The molecule has 0 spiro atoms. The molecular weight excluding hydrogens is 277 g/mol. The first kappa shape index (κ1) is 13.3. The Hall–Kier alpha value is 0.320. The molecule has 0 aliphatic rings. The maximum atomic E-state index is 7.03. The molecule has 0 aromatic heterocycles. The number of hydrogen-bond donors (Lipinski definition) is 3. The number of quaternary nitrogens is 1. The topological polar surface area (TPSA) is 52.5 Å². The van der Waals surface area contributed by atoms with E-state index >= 15 is 0 Å². The van der Waals surface area contributed by atoms with Crippen LogP contribution in [-0.2, 0) is 0 Å². The Balaban J connectivity index is 4.22. The third-order valence-electron chi connectivity index (χ3n) is 2.32. The van der Waals surface area contributed by atoms with Gasteiger partial charge in [-0.05, 0) is 0 Å². The third-order valence-corrected chi connectivity index (χ3v) is 6.03. The predicted molar refractivity (Wildman–Crippen MR) is 53.0 cm³/mol. The van der Waals surface area contributed by atoms with Crippen molar-refractivity contribution >= 4 is 6.21 Å². The van der Waals surface area contributed by atoms with Crippen molar-refractivity contribution < 1.29 is 26.5 Å². The zero-order valence-corrected chi connectivity index (χ0v) is 11.2. The summed E-state index contributed by atoms with van der Waals surface area (Å²) < 4.78 is 1.55. The van der Waals surface area contributed by atoms with Crippen LogP contribution in [0.1, 0.15) is 20.8 Å². The van der Waals surface area contributed by atoms with Gasteiger partial charge < -0.3 is 0 Å². The van der Waals surface area contributed by atoms with Crippen LogP contribution in [0.5, 0.6) is 0 Å². The quantitative estimate of drug-likeness (QED) is 0.195. The Kier molecular flexibility index (Phi) is 6.89. The minimum atomic E-state index is 0.174. The van der Waals surface area contributed by atoms with E-state index in [0.29, 0.717) is 12.6 Å². The van der Waals surface area contributed by atoms with Crippen molar-refractivity contribution in [3.63, 3.8) is 0 Å². The number of nitrogens with two attached hydrogens (primary N) is 1. The van der Waals surface area contributed by atoms with Crippen LogP contribution < -0.4 is 31.8 Å². The summed E-state index contributed by atoms with van der Waals surface area (Å²) in [5.74, 6) is 0. The van der Waals surface area contributed by atoms with E-state index in [-0.39, 0.29) is 24.8 Å². The van der Waals surface area contributed by atoms with Gasteiger partial charge in [-0.2, -0.15) is 0 Å². The number of rotatable bonds is 7. The van der Waals surface area contributed by atoms with Crippen LogP contribution in [-0.4, -0.2) is 33.8 Å². The van der Waals surface area contributed by atoms with Gasteiger partial charge >= 0.3 is 91.8 Å². The summed E-state index contributed by atoms with van der Waals surface area (Å²) in [5, 5.41) is 12.8. The predicted octanol–water partition coefficient (Wildman–Crippen LogP) is -3.37. The van der Waals surface area contributed by atoms with Crippen molar-refractivity contribution in [2.45, 2.75) is 30.4 Å². The molecule has 0 saturated carbocycles. The molecule has 0 amide bonds. The number of halogens is 1. The second kappa shape index (κ2) is 6.73. The van der Waals surface area contributed by atoms with Crippen molar-refractivity contribution in [3.05, 3.63) is 0 Å². The van der Waals surface area contributed by atoms with Crippen LogP contribution in [0.3, 0.4) is 0 Å². The molecule has 0 aliphatic heterocycles. The Morgan fingerprint density at radius 1 is 1.69 bits per heavy atom. The van der Waals surface area contributed by atoms with Gasteiger partial charge in [0.2, 0.25) is 0 Å². The van der Waals surface area contributed by atoms with Gasteiger partial charge in [-0.15, -0.1) is 0 Å². The first-order valence-electron chi connectivity index (χ1n) is 4.74. The van der Waals surface area contributed by atoms with Gasteiger partial charge in [-0.3, -0.25) is 0 Å². The first-order valence-corrected chi connectivity index (χ1v) is 7.34. The average Bonchev–Trinajstić information content (AvgIpc) is 2.14. The van der Waals surface area contributed by atoms with Gasteiger partial charge in [0.1, 0.15) is 0 Å². The molecule has 0 fully saturated rings. The molecule has 0 aromatic carbocycles. The van der Waals surface area contributed by atoms with Gasteiger partial charge in [-0.1, -0.05) is 0 Å². The molecule has 3 nitrogen and oxygen atoms in total. The summed E-state index contributed by atoms with van der Waals surface area (Å²) in [6, 6.07) is 0.597. The molecule has 2 unspecified atom stereocenters.